The molecule has 2 aromatic carbocycles. The largest absolute Gasteiger partial charge is 0.495 e. The van der Waals surface area contributed by atoms with Crippen LogP contribution >= 0.6 is 11.6 Å². The summed E-state index contributed by atoms with van der Waals surface area (Å²) in [6.07, 6.45) is 3.83. The molecule has 26 heavy (non-hydrogen) atoms. The number of methoxy groups -OCH3 is 1. The highest BCUT2D eigenvalue weighted by Crippen LogP contribution is 2.29. The highest BCUT2D eigenvalue weighted by molar-refractivity contribution is 6.31. The Kier molecular flexibility index (Phi) is 5.58. The molecule has 1 aromatic heterocycles. The zero-order chi connectivity index (χ0) is 18.5. The maximum absolute atomic E-state index is 13.7. The first-order valence-electron chi connectivity index (χ1n) is 8.08. The number of carbonyl (C=O) groups is 1. The minimum Gasteiger partial charge on any atom is -0.495 e. The molecule has 0 saturated carbocycles. The average Bonchev–Trinajstić information content (AvgIpc) is 3.14. The van der Waals surface area contributed by atoms with E-state index in [1.54, 1.807) is 30.3 Å². The molecule has 0 saturated heterocycles. The van der Waals surface area contributed by atoms with Crippen LogP contribution in [0.2, 0.25) is 5.02 Å². The number of ether oxygens (including phenoxy) is 1. The van der Waals surface area contributed by atoms with E-state index in [4.69, 9.17) is 16.3 Å². The molecular formula is C20H18ClFN2O2. The van der Waals surface area contributed by atoms with Crippen LogP contribution in [0.5, 0.6) is 5.75 Å². The van der Waals surface area contributed by atoms with E-state index in [-0.39, 0.29) is 24.2 Å². The summed E-state index contributed by atoms with van der Waals surface area (Å²) in [4.78, 5) is 12.6. The highest BCUT2D eigenvalue weighted by Gasteiger charge is 2.19. The van der Waals surface area contributed by atoms with Crippen molar-refractivity contribution in [3.05, 3.63) is 83.4 Å². The first-order chi connectivity index (χ1) is 12.6. The lowest BCUT2D eigenvalue weighted by atomic mass is 10.0. The molecule has 0 fully saturated rings. The lowest BCUT2D eigenvalue weighted by molar-refractivity contribution is -0.116. The van der Waals surface area contributed by atoms with Crippen LogP contribution in [-0.4, -0.2) is 17.6 Å². The number of rotatable bonds is 6. The van der Waals surface area contributed by atoms with Crippen LogP contribution in [-0.2, 0) is 4.79 Å². The summed E-state index contributed by atoms with van der Waals surface area (Å²) in [7, 11) is 1.52. The van der Waals surface area contributed by atoms with Crippen molar-refractivity contribution in [2.24, 2.45) is 0 Å². The molecule has 1 N–H and O–H groups in total. The average molecular weight is 373 g/mol. The van der Waals surface area contributed by atoms with Gasteiger partial charge in [0.25, 0.3) is 0 Å². The monoisotopic (exact) mass is 372 g/mol. The molecule has 1 atom stereocenters. The second-order valence-electron chi connectivity index (χ2n) is 5.80. The van der Waals surface area contributed by atoms with Gasteiger partial charge in [-0.2, -0.15) is 0 Å². The quantitative estimate of drug-likeness (QED) is 0.668. The Morgan fingerprint density at radius 3 is 2.65 bits per heavy atom. The smallest absolute Gasteiger partial charge is 0.226 e. The Morgan fingerprint density at radius 1 is 1.19 bits per heavy atom. The number of hydrogen-bond acceptors (Lipinski definition) is 2. The zero-order valence-electron chi connectivity index (χ0n) is 14.2. The van der Waals surface area contributed by atoms with Gasteiger partial charge < -0.3 is 14.6 Å². The van der Waals surface area contributed by atoms with Crippen molar-refractivity contribution in [3.63, 3.8) is 0 Å². The van der Waals surface area contributed by atoms with Crippen molar-refractivity contribution in [2.75, 3.05) is 12.4 Å². The number of amides is 1. The molecule has 0 spiro atoms. The Balaban J connectivity index is 1.83. The van der Waals surface area contributed by atoms with Gasteiger partial charge in [-0.25, -0.2) is 4.39 Å². The summed E-state index contributed by atoms with van der Waals surface area (Å²) in [6.45, 7) is 0. The van der Waals surface area contributed by atoms with E-state index in [2.05, 4.69) is 5.32 Å². The van der Waals surface area contributed by atoms with Gasteiger partial charge in [0.15, 0.2) is 0 Å². The molecule has 0 aliphatic carbocycles. The zero-order valence-corrected chi connectivity index (χ0v) is 14.9. The van der Waals surface area contributed by atoms with E-state index in [0.717, 1.165) is 5.56 Å². The van der Waals surface area contributed by atoms with E-state index in [1.165, 1.54) is 19.2 Å². The Morgan fingerprint density at radius 2 is 1.96 bits per heavy atom. The van der Waals surface area contributed by atoms with E-state index in [0.29, 0.717) is 16.5 Å². The second kappa shape index (κ2) is 8.06. The predicted molar refractivity (Wildman–Crippen MR) is 100 cm³/mol. The fourth-order valence-corrected chi connectivity index (χ4v) is 2.99. The molecule has 6 heteroatoms. The van der Waals surface area contributed by atoms with Crippen LogP contribution in [0, 0.1) is 5.82 Å². The molecule has 1 amide bonds. The Hall–Kier alpha value is -2.79. The van der Waals surface area contributed by atoms with Gasteiger partial charge in [-0.15, -0.1) is 0 Å². The highest BCUT2D eigenvalue weighted by atomic mass is 35.5. The van der Waals surface area contributed by atoms with Gasteiger partial charge in [-0.05, 0) is 48.0 Å². The number of anilines is 1. The van der Waals surface area contributed by atoms with Crippen LogP contribution in [0.15, 0.2) is 67.0 Å². The van der Waals surface area contributed by atoms with Gasteiger partial charge in [-0.1, -0.05) is 23.7 Å². The van der Waals surface area contributed by atoms with Gasteiger partial charge >= 0.3 is 0 Å². The van der Waals surface area contributed by atoms with Crippen LogP contribution < -0.4 is 10.1 Å². The molecular weight excluding hydrogens is 355 g/mol. The molecule has 4 nitrogen and oxygen atoms in total. The second-order valence-corrected chi connectivity index (χ2v) is 6.23. The molecule has 0 aliphatic rings. The molecule has 0 aliphatic heterocycles. The van der Waals surface area contributed by atoms with Crippen molar-refractivity contribution in [3.8, 4) is 5.75 Å². The number of aromatic nitrogens is 1. The number of carbonyl (C=O) groups excluding carboxylic acids is 1. The van der Waals surface area contributed by atoms with Crippen molar-refractivity contribution in [1.82, 2.24) is 4.57 Å². The number of halogens is 2. The molecule has 3 rings (SSSR count). The topological polar surface area (TPSA) is 43.3 Å². The number of benzene rings is 2. The molecule has 3 aromatic rings. The summed E-state index contributed by atoms with van der Waals surface area (Å²) in [5.41, 5.74) is 1.21. The molecule has 0 radical (unpaired) electrons. The van der Waals surface area contributed by atoms with E-state index < -0.39 is 0 Å². The van der Waals surface area contributed by atoms with E-state index in [9.17, 15) is 9.18 Å². The van der Waals surface area contributed by atoms with Crippen LogP contribution in [0.1, 0.15) is 18.0 Å². The first kappa shape index (κ1) is 18.0. The van der Waals surface area contributed by atoms with Gasteiger partial charge in [0.2, 0.25) is 5.91 Å². The first-order valence-corrected chi connectivity index (χ1v) is 8.46. The number of nitrogens with zero attached hydrogens (tertiary/aromatic N) is 1. The van der Waals surface area contributed by atoms with Crippen molar-refractivity contribution < 1.29 is 13.9 Å². The Bertz CT molecular complexity index is 897. The van der Waals surface area contributed by atoms with Crippen LogP contribution in [0.4, 0.5) is 10.1 Å². The number of hydrogen-bond donors (Lipinski definition) is 1. The molecule has 1 heterocycles. The molecule has 0 unspecified atom stereocenters. The summed E-state index contributed by atoms with van der Waals surface area (Å²) in [6, 6.07) is 14.7. The van der Waals surface area contributed by atoms with Crippen LogP contribution in [0.3, 0.4) is 0 Å². The third-order valence-electron chi connectivity index (χ3n) is 4.04. The number of nitrogens with one attached hydrogen (secondary N) is 1. The SMILES string of the molecule is COc1ccc(Cl)cc1NC(=O)C[C@H](c1cccc(F)c1)n1cccc1. The molecule has 0 bridgehead atoms. The standard InChI is InChI=1S/C20H18ClFN2O2/c1-26-19-8-7-15(21)12-17(19)23-20(25)13-18(24-9-2-3-10-24)14-5-4-6-16(22)11-14/h2-12,18H,13H2,1H3,(H,23,25)/t18-/m1/s1. The predicted octanol–water partition coefficient (Wildman–Crippen LogP) is 4.91. The van der Waals surface area contributed by atoms with Gasteiger partial charge in [0.05, 0.1) is 25.3 Å². The summed E-state index contributed by atoms with van der Waals surface area (Å²) in [5.74, 6) is -0.0453. The van der Waals surface area contributed by atoms with Gasteiger partial charge in [-0.3, -0.25) is 4.79 Å². The fraction of sp³-hybridized carbons (Fsp3) is 0.150. The minimum atomic E-state index is -0.337. The van der Waals surface area contributed by atoms with E-state index >= 15 is 0 Å². The lowest BCUT2D eigenvalue weighted by Gasteiger charge is -2.20. The maximum Gasteiger partial charge on any atom is 0.226 e. The minimum absolute atomic E-state index is 0.133. The van der Waals surface area contributed by atoms with Crippen LogP contribution in [0.25, 0.3) is 0 Å². The lowest BCUT2D eigenvalue weighted by Crippen LogP contribution is -2.20. The molecule has 134 valence electrons. The van der Waals surface area contributed by atoms with Gasteiger partial charge in [0, 0.05) is 17.4 Å². The van der Waals surface area contributed by atoms with Crippen molar-refractivity contribution in [1.29, 1.82) is 0 Å². The fourth-order valence-electron chi connectivity index (χ4n) is 2.82. The van der Waals surface area contributed by atoms with Gasteiger partial charge in [0.1, 0.15) is 11.6 Å². The summed E-state index contributed by atoms with van der Waals surface area (Å²) < 4.78 is 20.8. The summed E-state index contributed by atoms with van der Waals surface area (Å²) in [5, 5.41) is 3.32. The third kappa shape index (κ3) is 4.24. The summed E-state index contributed by atoms with van der Waals surface area (Å²) >= 11 is 6.00. The Labute approximate surface area is 156 Å². The third-order valence-corrected chi connectivity index (χ3v) is 4.27. The van der Waals surface area contributed by atoms with Crippen molar-refractivity contribution in [2.45, 2.75) is 12.5 Å². The maximum atomic E-state index is 13.7. The normalized spacial score (nSPS) is 11.8. The van der Waals surface area contributed by atoms with E-state index in [1.807, 2.05) is 29.1 Å². The van der Waals surface area contributed by atoms with Crippen molar-refractivity contribution >= 4 is 23.2 Å².